The molecule has 24 heavy (non-hydrogen) atoms. The van der Waals surface area contributed by atoms with Gasteiger partial charge in [0.2, 0.25) is 0 Å². The van der Waals surface area contributed by atoms with Crippen molar-refractivity contribution in [2.45, 2.75) is 64.4 Å². The van der Waals surface area contributed by atoms with Crippen LogP contribution in [0.15, 0.2) is 41.0 Å². The standard InChI is InChI=1S/C21H30O2S/c1-15-6-8-18(9-7-15)24(22)14-17-12-16-13-20(2,3)11-10-19(16)21(4,5)23-17/h6-9,12,16,19H,10-11,13-14H2,1-5H3/t16-,19-,24?/m0/s1. The van der Waals surface area contributed by atoms with Crippen molar-refractivity contribution in [3.05, 3.63) is 41.7 Å². The Kier molecular flexibility index (Phi) is 4.67. The van der Waals surface area contributed by atoms with E-state index < -0.39 is 10.8 Å². The number of aryl methyl sites for hydroxylation is 1. The van der Waals surface area contributed by atoms with E-state index in [2.05, 4.69) is 33.8 Å². The lowest BCUT2D eigenvalue weighted by atomic mass is 9.62. The minimum absolute atomic E-state index is 0.164. The molecule has 132 valence electrons. The van der Waals surface area contributed by atoms with Crippen molar-refractivity contribution in [2.24, 2.45) is 17.3 Å². The maximum absolute atomic E-state index is 12.7. The number of fused-ring (bicyclic) bond motifs is 1. The molecule has 0 radical (unpaired) electrons. The Morgan fingerprint density at radius 1 is 1.17 bits per heavy atom. The number of ether oxygens (including phenoxy) is 1. The van der Waals surface area contributed by atoms with Crippen molar-refractivity contribution in [3.63, 3.8) is 0 Å². The van der Waals surface area contributed by atoms with E-state index in [-0.39, 0.29) is 5.60 Å². The van der Waals surface area contributed by atoms with Gasteiger partial charge in [-0.3, -0.25) is 4.21 Å². The van der Waals surface area contributed by atoms with Gasteiger partial charge in [0.1, 0.15) is 11.4 Å². The summed E-state index contributed by atoms with van der Waals surface area (Å²) in [6.45, 7) is 11.2. The molecule has 1 aliphatic carbocycles. The molecule has 2 nitrogen and oxygen atoms in total. The Morgan fingerprint density at radius 3 is 2.50 bits per heavy atom. The molecule has 3 heteroatoms. The van der Waals surface area contributed by atoms with Crippen LogP contribution >= 0.6 is 0 Å². The smallest absolute Gasteiger partial charge is 0.106 e. The maximum atomic E-state index is 12.7. The first-order valence-electron chi connectivity index (χ1n) is 9.01. The molecule has 0 saturated heterocycles. The van der Waals surface area contributed by atoms with E-state index in [1.54, 1.807) is 0 Å². The van der Waals surface area contributed by atoms with Gasteiger partial charge in [-0.2, -0.15) is 0 Å². The quantitative estimate of drug-likeness (QED) is 0.748. The third kappa shape index (κ3) is 3.77. The third-order valence-corrected chi connectivity index (χ3v) is 7.03. The fraction of sp³-hybridized carbons (Fsp3) is 0.619. The summed E-state index contributed by atoms with van der Waals surface area (Å²) in [6, 6.07) is 7.97. The molecule has 1 aliphatic heterocycles. The maximum Gasteiger partial charge on any atom is 0.106 e. The summed E-state index contributed by atoms with van der Waals surface area (Å²) in [5, 5.41) is 0. The number of rotatable bonds is 3. The molecule has 0 N–H and O–H groups in total. The molecule has 1 aromatic rings. The van der Waals surface area contributed by atoms with Crippen LogP contribution in [0.25, 0.3) is 0 Å². The minimum atomic E-state index is -1.05. The molecule has 1 aromatic carbocycles. The van der Waals surface area contributed by atoms with Gasteiger partial charge < -0.3 is 4.74 Å². The second-order valence-corrected chi connectivity index (χ2v) is 10.3. The topological polar surface area (TPSA) is 26.3 Å². The molecule has 1 saturated carbocycles. The van der Waals surface area contributed by atoms with E-state index >= 15 is 0 Å². The van der Waals surface area contributed by atoms with Gasteiger partial charge in [0, 0.05) is 10.8 Å². The van der Waals surface area contributed by atoms with E-state index in [0.717, 1.165) is 10.7 Å². The van der Waals surface area contributed by atoms with Crippen LogP contribution in [0.4, 0.5) is 0 Å². The Hall–Kier alpha value is -1.09. The fourth-order valence-corrected chi connectivity index (χ4v) is 5.37. The van der Waals surface area contributed by atoms with Crippen LogP contribution in [0, 0.1) is 24.2 Å². The van der Waals surface area contributed by atoms with E-state index in [4.69, 9.17) is 4.74 Å². The summed E-state index contributed by atoms with van der Waals surface area (Å²) in [7, 11) is -1.05. The molecule has 3 atom stereocenters. The van der Waals surface area contributed by atoms with Gasteiger partial charge in [-0.1, -0.05) is 31.5 Å². The van der Waals surface area contributed by atoms with Crippen molar-refractivity contribution in [3.8, 4) is 0 Å². The van der Waals surface area contributed by atoms with Crippen LogP contribution in [0.1, 0.15) is 52.5 Å². The van der Waals surface area contributed by atoms with Gasteiger partial charge in [-0.15, -0.1) is 0 Å². The zero-order chi connectivity index (χ0) is 17.5. The fourth-order valence-electron chi connectivity index (χ4n) is 4.35. The predicted molar refractivity (Wildman–Crippen MR) is 100 cm³/mol. The van der Waals surface area contributed by atoms with Crippen molar-refractivity contribution >= 4 is 10.8 Å². The Morgan fingerprint density at radius 2 is 1.83 bits per heavy atom. The van der Waals surface area contributed by atoms with Crippen LogP contribution in [-0.2, 0) is 15.5 Å². The van der Waals surface area contributed by atoms with Crippen LogP contribution < -0.4 is 0 Å². The Balaban J connectivity index is 1.79. The summed E-state index contributed by atoms with van der Waals surface area (Å²) in [4.78, 5) is 0.883. The lowest BCUT2D eigenvalue weighted by Gasteiger charge is -2.49. The van der Waals surface area contributed by atoms with Crippen LogP contribution in [0.2, 0.25) is 0 Å². The normalized spacial score (nSPS) is 29.1. The number of benzene rings is 1. The van der Waals surface area contributed by atoms with Crippen LogP contribution in [-0.4, -0.2) is 15.6 Å². The van der Waals surface area contributed by atoms with Gasteiger partial charge in [0.05, 0.1) is 16.6 Å². The molecular weight excluding hydrogens is 316 g/mol. The lowest BCUT2D eigenvalue weighted by Crippen LogP contribution is -2.46. The molecular formula is C21H30O2S. The lowest BCUT2D eigenvalue weighted by molar-refractivity contribution is -0.0755. The van der Waals surface area contributed by atoms with Crippen LogP contribution in [0.5, 0.6) is 0 Å². The zero-order valence-electron chi connectivity index (χ0n) is 15.6. The number of hydrogen-bond donors (Lipinski definition) is 0. The predicted octanol–water partition coefficient (Wildman–Crippen LogP) is 5.24. The molecule has 3 rings (SSSR count). The Bertz CT molecular complexity index is 655. The molecule has 0 aromatic heterocycles. The highest BCUT2D eigenvalue weighted by atomic mass is 32.2. The number of allylic oxidation sites excluding steroid dienone is 1. The largest absolute Gasteiger partial charge is 0.491 e. The first kappa shape index (κ1) is 17.7. The van der Waals surface area contributed by atoms with Gasteiger partial charge in [0.15, 0.2) is 0 Å². The summed E-state index contributed by atoms with van der Waals surface area (Å²) in [5.74, 6) is 2.51. The SMILES string of the molecule is Cc1ccc(S(=O)CC2=C[C@H]3CC(C)(C)CC[C@@H]3C(C)(C)O2)cc1. The minimum Gasteiger partial charge on any atom is -0.491 e. The molecule has 1 heterocycles. The third-order valence-electron chi connectivity index (χ3n) is 5.68. The van der Waals surface area contributed by atoms with Crippen LogP contribution in [0.3, 0.4) is 0 Å². The monoisotopic (exact) mass is 346 g/mol. The Labute approximate surface area is 149 Å². The van der Waals surface area contributed by atoms with Gasteiger partial charge >= 0.3 is 0 Å². The molecule has 2 aliphatic rings. The number of hydrogen-bond acceptors (Lipinski definition) is 2. The van der Waals surface area contributed by atoms with Crippen molar-refractivity contribution in [1.82, 2.24) is 0 Å². The molecule has 1 fully saturated rings. The van der Waals surface area contributed by atoms with E-state index in [1.165, 1.54) is 24.8 Å². The van der Waals surface area contributed by atoms with Gasteiger partial charge in [-0.25, -0.2) is 0 Å². The highest BCUT2D eigenvalue weighted by Crippen LogP contribution is 2.50. The first-order valence-corrected chi connectivity index (χ1v) is 10.3. The molecule has 0 amide bonds. The molecule has 1 unspecified atom stereocenters. The second-order valence-electron chi connectivity index (χ2n) is 8.82. The first-order chi connectivity index (χ1) is 11.2. The van der Waals surface area contributed by atoms with Crippen molar-refractivity contribution in [1.29, 1.82) is 0 Å². The summed E-state index contributed by atoms with van der Waals surface area (Å²) in [5.41, 5.74) is 1.42. The zero-order valence-corrected chi connectivity index (χ0v) is 16.4. The highest BCUT2D eigenvalue weighted by Gasteiger charge is 2.45. The summed E-state index contributed by atoms with van der Waals surface area (Å²) >= 11 is 0. The molecule has 0 bridgehead atoms. The average Bonchev–Trinajstić information content (AvgIpc) is 2.45. The molecule has 0 spiro atoms. The van der Waals surface area contributed by atoms with Gasteiger partial charge in [-0.05, 0) is 69.6 Å². The van der Waals surface area contributed by atoms with Gasteiger partial charge in [0.25, 0.3) is 0 Å². The van der Waals surface area contributed by atoms with E-state index in [1.807, 2.05) is 31.2 Å². The van der Waals surface area contributed by atoms with E-state index in [9.17, 15) is 4.21 Å². The summed E-state index contributed by atoms with van der Waals surface area (Å²) < 4.78 is 19.0. The second kappa shape index (κ2) is 6.33. The summed E-state index contributed by atoms with van der Waals surface area (Å²) in [6.07, 6.45) is 5.96. The van der Waals surface area contributed by atoms with Crippen molar-refractivity contribution < 1.29 is 8.95 Å². The van der Waals surface area contributed by atoms with Crippen molar-refractivity contribution in [2.75, 3.05) is 5.75 Å². The average molecular weight is 347 g/mol. The highest BCUT2D eigenvalue weighted by molar-refractivity contribution is 7.85. The van der Waals surface area contributed by atoms with E-state index in [0.29, 0.717) is 23.0 Å².